The van der Waals surface area contributed by atoms with E-state index < -0.39 is 0 Å². The van der Waals surface area contributed by atoms with Gasteiger partial charge >= 0.3 is 0 Å². The minimum atomic E-state index is -0.211. The molecule has 104 valence electrons. The molecule has 1 heterocycles. The van der Waals surface area contributed by atoms with Crippen LogP contribution in [-0.2, 0) is 9.47 Å². The molecule has 3 atom stereocenters. The van der Waals surface area contributed by atoms with Crippen molar-refractivity contribution in [3.05, 3.63) is 28.7 Å². The number of rotatable bonds is 2. The van der Waals surface area contributed by atoms with E-state index in [9.17, 15) is 0 Å². The van der Waals surface area contributed by atoms with Crippen molar-refractivity contribution in [2.45, 2.75) is 38.9 Å². The van der Waals surface area contributed by atoms with Gasteiger partial charge in [-0.3, -0.25) is 0 Å². The summed E-state index contributed by atoms with van der Waals surface area (Å²) >= 11 is 8.67. The smallest absolute Gasteiger partial charge is 0.172 e. The second-order valence-corrected chi connectivity index (χ2v) is 5.80. The third kappa shape index (κ3) is 4.72. The third-order valence-electron chi connectivity index (χ3n) is 2.72. The maximum absolute atomic E-state index is 5.62. The standard InChI is InChI=1S/C13H17BrN2O2S/c1-8-7-12(18-9(2)17-8)16-13(19)15-11-5-3-10(14)4-6-11/h3-6,8-9,12H,7H2,1-2H3,(H2,15,16,19)/t8-,9-,12-/m0/s1. The molecule has 0 saturated carbocycles. The molecule has 0 unspecified atom stereocenters. The lowest BCUT2D eigenvalue weighted by atomic mass is 10.2. The van der Waals surface area contributed by atoms with Crippen molar-refractivity contribution >= 4 is 38.9 Å². The van der Waals surface area contributed by atoms with Crippen LogP contribution in [0, 0.1) is 0 Å². The first kappa shape index (κ1) is 14.7. The quantitative estimate of drug-likeness (QED) is 0.806. The summed E-state index contributed by atoms with van der Waals surface area (Å²) in [7, 11) is 0. The van der Waals surface area contributed by atoms with Gasteiger partial charge < -0.3 is 20.1 Å². The summed E-state index contributed by atoms with van der Waals surface area (Å²) in [6.07, 6.45) is 0.606. The molecule has 1 aromatic rings. The Balaban J connectivity index is 1.85. The molecule has 0 aromatic heterocycles. The van der Waals surface area contributed by atoms with Crippen LogP contribution in [0.25, 0.3) is 0 Å². The van der Waals surface area contributed by atoms with Crippen molar-refractivity contribution in [1.82, 2.24) is 5.32 Å². The van der Waals surface area contributed by atoms with Gasteiger partial charge in [-0.15, -0.1) is 0 Å². The van der Waals surface area contributed by atoms with E-state index in [-0.39, 0.29) is 18.6 Å². The molecule has 0 radical (unpaired) electrons. The number of nitrogens with one attached hydrogen (secondary N) is 2. The van der Waals surface area contributed by atoms with Crippen LogP contribution in [0.2, 0.25) is 0 Å². The van der Waals surface area contributed by atoms with Crippen LogP contribution in [0.1, 0.15) is 20.3 Å². The summed E-state index contributed by atoms with van der Waals surface area (Å²) in [6, 6.07) is 7.82. The predicted octanol–water partition coefficient (Wildman–Crippen LogP) is 3.23. The Morgan fingerprint density at radius 2 is 1.95 bits per heavy atom. The van der Waals surface area contributed by atoms with Crippen LogP contribution in [0.15, 0.2) is 28.7 Å². The van der Waals surface area contributed by atoms with Crippen molar-refractivity contribution in [1.29, 1.82) is 0 Å². The van der Waals surface area contributed by atoms with Gasteiger partial charge in [-0.1, -0.05) is 15.9 Å². The highest BCUT2D eigenvalue weighted by molar-refractivity contribution is 9.10. The lowest BCUT2D eigenvalue weighted by molar-refractivity contribution is -0.232. The molecule has 1 fully saturated rings. The maximum Gasteiger partial charge on any atom is 0.172 e. The zero-order valence-corrected chi connectivity index (χ0v) is 13.3. The zero-order chi connectivity index (χ0) is 13.8. The van der Waals surface area contributed by atoms with Crippen LogP contribution in [0.5, 0.6) is 0 Å². The second kappa shape index (κ2) is 6.65. The molecule has 2 rings (SSSR count). The molecule has 4 nitrogen and oxygen atoms in total. The highest BCUT2D eigenvalue weighted by atomic mass is 79.9. The van der Waals surface area contributed by atoms with E-state index in [1.165, 1.54) is 0 Å². The first-order valence-corrected chi connectivity index (χ1v) is 7.37. The van der Waals surface area contributed by atoms with Crippen molar-refractivity contribution in [2.75, 3.05) is 5.32 Å². The van der Waals surface area contributed by atoms with Crippen molar-refractivity contribution in [3.63, 3.8) is 0 Å². The Bertz CT molecular complexity index is 431. The van der Waals surface area contributed by atoms with Crippen molar-refractivity contribution < 1.29 is 9.47 Å². The highest BCUT2D eigenvalue weighted by Crippen LogP contribution is 2.17. The molecular formula is C13H17BrN2O2S. The average Bonchev–Trinajstić information content (AvgIpc) is 2.30. The average molecular weight is 345 g/mol. The van der Waals surface area contributed by atoms with Gasteiger partial charge in [-0.25, -0.2) is 0 Å². The molecule has 1 aliphatic rings. The van der Waals surface area contributed by atoms with Crippen LogP contribution in [0.3, 0.4) is 0 Å². The van der Waals surface area contributed by atoms with E-state index in [2.05, 4.69) is 26.6 Å². The molecule has 6 heteroatoms. The summed E-state index contributed by atoms with van der Waals surface area (Å²) in [5, 5.41) is 6.82. The molecule has 1 aliphatic heterocycles. The molecule has 0 spiro atoms. The number of halogens is 1. The molecule has 1 saturated heterocycles. The Labute approximate surface area is 127 Å². The van der Waals surface area contributed by atoms with Gasteiger partial charge in [0.25, 0.3) is 0 Å². The first-order chi connectivity index (χ1) is 9.02. The summed E-state index contributed by atoms with van der Waals surface area (Å²) in [6.45, 7) is 3.91. The fraction of sp³-hybridized carbons (Fsp3) is 0.462. The summed E-state index contributed by atoms with van der Waals surface area (Å²) in [5.41, 5.74) is 0.939. The fourth-order valence-corrected chi connectivity index (χ4v) is 2.46. The normalized spacial score (nSPS) is 26.8. The van der Waals surface area contributed by atoms with Gasteiger partial charge in [0.1, 0.15) is 6.23 Å². The van der Waals surface area contributed by atoms with E-state index in [0.29, 0.717) is 5.11 Å². The number of anilines is 1. The number of benzene rings is 1. The number of hydrogen-bond donors (Lipinski definition) is 2. The summed E-state index contributed by atoms with van der Waals surface area (Å²) < 4.78 is 12.1. The maximum atomic E-state index is 5.62. The van der Waals surface area contributed by atoms with E-state index >= 15 is 0 Å². The summed E-state index contributed by atoms with van der Waals surface area (Å²) in [4.78, 5) is 0. The SMILES string of the molecule is C[C@H]1O[C@@H](C)C[C@@H](NC(=S)Nc2ccc(Br)cc2)O1. The minimum absolute atomic E-state index is 0.116. The predicted molar refractivity (Wildman–Crippen MR) is 83.0 cm³/mol. The first-order valence-electron chi connectivity index (χ1n) is 6.17. The summed E-state index contributed by atoms with van der Waals surface area (Å²) in [5.74, 6) is 0. The Kier molecular flexibility index (Phi) is 5.15. The van der Waals surface area contributed by atoms with Crippen molar-refractivity contribution in [3.8, 4) is 0 Å². The van der Waals surface area contributed by atoms with E-state index in [4.69, 9.17) is 21.7 Å². The number of thiocarbonyl (C=S) groups is 1. The van der Waals surface area contributed by atoms with E-state index in [1.807, 2.05) is 38.1 Å². The van der Waals surface area contributed by atoms with Gasteiger partial charge in [-0.05, 0) is 50.3 Å². The molecule has 19 heavy (non-hydrogen) atoms. The molecule has 0 aliphatic carbocycles. The van der Waals surface area contributed by atoms with Crippen LogP contribution in [-0.4, -0.2) is 23.7 Å². The van der Waals surface area contributed by atoms with Gasteiger partial charge in [0.2, 0.25) is 0 Å². The Morgan fingerprint density at radius 3 is 2.58 bits per heavy atom. The topological polar surface area (TPSA) is 42.5 Å². The van der Waals surface area contributed by atoms with Gasteiger partial charge in [0, 0.05) is 16.6 Å². The van der Waals surface area contributed by atoms with Crippen LogP contribution < -0.4 is 10.6 Å². The molecule has 0 bridgehead atoms. The lowest BCUT2D eigenvalue weighted by Gasteiger charge is -2.33. The van der Waals surface area contributed by atoms with Crippen LogP contribution in [0.4, 0.5) is 5.69 Å². The minimum Gasteiger partial charge on any atom is -0.350 e. The molecule has 2 N–H and O–H groups in total. The van der Waals surface area contributed by atoms with Gasteiger partial charge in [-0.2, -0.15) is 0 Å². The van der Waals surface area contributed by atoms with E-state index in [1.54, 1.807) is 0 Å². The highest BCUT2D eigenvalue weighted by Gasteiger charge is 2.25. The fourth-order valence-electron chi connectivity index (χ4n) is 1.94. The van der Waals surface area contributed by atoms with Crippen molar-refractivity contribution in [2.24, 2.45) is 0 Å². The zero-order valence-electron chi connectivity index (χ0n) is 10.9. The van der Waals surface area contributed by atoms with Gasteiger partial charge in [0.05, 0.1) is 6.10 Å². The molecule has 1 aromatic carbocycles. The largest absolute Gasteiger partial charge is 0.350 e. The Morgan fingerprint density at radius 1 is 1.26 bits per heavy atom. The van der Waals surface area contributed by atoms with E-state index in [0.717, 1.165) is 16.6 Å². The van der Waals surface area contributed by atoms with Gasteiger partial charge in [0.15, 0.2) is 11.4 Å². The third-order valence-corrected chi connectivity index (χ3v) is 3.47. The Hall–Kier alpha value is -0.690. The number of ether oxygens (including phenoxy) is 2. The molecular weight excluding hydrogens is 328 g/mol. The second-order valence-electron chi connectivity index (χ2n) is 4.48. The van der Waals surface area contributed by atoms with Crippen LogP contribution >= 0.6 is 28.1 Å². The lowest BCUT2D eigenvalue weighted by Crippen LogP contribution is -2.47. The number of hydrogen-bond acceptors (Lipinski definition) is 3. The monoisotopic (exact) mass is 344 g/mol. The molecule has 0 amide bonds.